The van der Waals surface area contributed by atoms with Crippen LogP contribution in [0.15, 0.2) is 41.4 Å². The molecule has 5 rings (SSSR count). The summed E-state index contributed by atoms with van der Waals surface area (Å²) in [6.45, 7) is 9.52. The Labute approximate surface area is 235 Å². The van der Waals surface area contributed by atoms with Crippen LogP contribution in [-0.4, -0.2) is 62.3 Å². The molecule has 1 amide bonds. The minimum atomic E-state index is -4.24. The van der Waals surface area contributed by atoms with Crippen LogP contribution in [0.2, 0.25) is 5.02 Å². The molecule has 1 aromatic heterocycles. The van der Waals surface area contributed by atoms with Gasteiger partial charge in [0.1, 0.15) is 11.6 Å². The molecule has 212 valence electrons. The number of amides is 1. The highest BCUT2D eigenvalue weighted by Gasteiger charge is 2.54. The summed E-state index contributed by atoms with van der Waals surface area (Å²) in [6.07, 6.45) is 3.02. The van der Waals surface area contributed by atoms with Gasteiger partial charge in [-0.15, -0.1) is 0 Å². The van der Waals surface area contributed by atoms with E-state index < -0.39 is 27.6 Å². The number of carbonyl (C=O) groups is 1. The van der Waals surface area contributed by atoms with Gasteiger partial charge in [-0.2, -0.15) is 8.42 Å². The molecule has 3 fully saturated rings. The quantitative estimate of drug-likeness (QED) is 0.509. The molecule has 2 aromatic rings. The molecule has 2 N–H and O–H groups in total. The van der Waals surface area contributed by atoms with Crippen LogP contribution >= 0.6 is 11.6 Å². The number of halogens is 1. The Balaban J connectivity index is 1.30. The van der Waals surface area contributed by atoms with E-state index in [0.717, 1.165) is 31.6 Å². The van der Waals surface area contributed by atoms with Crippen LogP contribution in [0.25, 0.3) is 0 Å². The topological polar surface area (TPSA) is 112 Å². The normalized spacial score (nSPS) is 21.6. The minimum Gasteiger partial charge on any atom is -0.475 e. The lowest BCUT2D eigenvalue weighted by atomic mass is 9.75. The van der Waals surface area contributed by atoms with Crippen molar-refractivity contribution < 1.29 is 23.1 Å². The number of β-amino-alcohol motifs (C(OH)–C–C–N with tert-alkyl or cyclic N) is 1. The molecule has 0 unspecified atom stereocenters. The zero-order valence-electron chi connectivity index (χ0n) is 22.7. The third-order valence-electron chi connectivity index (χ3n) is 8.10. The van der Waals surface area contributed by atoms with Crippen molar-refractivity contribution in [3.63, 3.8) is 0 Å². The van der Waals surface area contributed by atoms with Crippen LogP contribution in [0.4, 0.5) is 11.5 Å². The number of benzene rings is 1. The Morgan fingerprint density at radius 2 is 1.79 bits per heavy atom. The first-order chi connectivity index (χ1) is 18.4. The number of pyridine rings is 1. The maximum absolute atomic E-state index is 13.3. The number of ether oxygens (including phenoxy) is 1. The van der Waals surface area contributed by atoms with Crippen molar-refractivity contribution >= 4 is 39.0 Å². The lowest BCUT2D eigenvalue weighted by molar-refractivity contribution is -0.127. The van der Waals surface area contributed by atoms with Gasteiger partial charge < -0.3 is 19.6 Å². The minimum absolute atomic E-state index is 0.247. The highest BCUT2D eigenvalue weighted by atomic mass is 35.5. The molecule has 0 spiro atoms. The number of nitrogens with one attached hydrogen (secondary N) is 1. The molecule has 2 saturated heterocycles. The van der Waals surface area contributed by atoms with Crippen LogP contribution in [0.1, 0.15) is 52.9 Å². The molecule has 1 aliphatic carbocycles. The average molecular weight is 577 g/mol. The molecule has 1 saturated carbocycles. The number of aromatic nitrogens is 1. The van der Waals surface area contributed by atoms with E-state index in [-0.39, 0.29) is 10.4 Å². The zero-order chi connectivity index (χ0) is 28.0. The monoisotopic (exact) mass is 576 g/mol. The van der Waals surface area contributed by atoms with Crippen molar-refractivity contribution in [3.8, 4) is 5.75 Å². The Bertz CT molecular complexity index is 1330. The van der Waals surface area contributed by atoms with Crippen molar-refractivity contribution in [1.82, 2.24) is 9.71 Å². The Morgan fingerprint density at radius 3 is 2.41 bits per heavy atom. The van der Waals surface area contributed by atoms with E-state index in [9.17, 15) is 18.3 Å². The lowest BCUT2D eigenvalue weighted by Crippen LogP contribution is -2.44. The van der Waals surface area contributed by atoms with Gasteiger partial charge >= 0.3 is 0 Å². The Morgan fingerprint density at radius 1 is 1.10 bits per heavy atom. The third kappa shape index (κ3) is 6.12. The lowest BCUT2D eigenvalue weighted by Gasteiger charge is -2.40. The fourth-order valence-corrected chi connectivity index (χ4v) is 6.63. The summed E-state index contributed by atoms with van der Waals surface area (Å²) in [7, 11) is -4.24. The second kappa shape index (κ2) is 10.4. The molecular weight excluding hydrogens is 540 g/mol. The summed E-state index contributed by atoms with van der Waals surface area (Å²) < 4.78 is 34.7. The Hall–Kier alpha value is -2.56. The first-order valence-corrected chi connectivity index (χ1v) is 15.4. The molecule has 1 aromatic carbocycles. The van der Waals surface area contributed by atoms with Crippen LogP contribution in [0.3, 0.4) is 0 Å². The average Bonchev–Trinajstić information content (AvgIpc) is 3.54. The van der Waals surface area contributed by atoms with Crippen molar-refractivity contribution in [1.29, 1.82) is 0 Å². The van der Waals surface area contributed by atoms with E-state index >= 15 is 0 Å². The number of hydrogen-bond donors (Lipinski definition) is 2. The number of carbonyl (C=O) groups excluding carboxylic acids is 1. The second-order valence-electron chi connectivity index (χ2n) is 12.0. The van der Waals surface area contributed by atoms with Gasteiger partial charge in [0.2, 0.25) is 0 Å². The number of anilines is 2. The number of rotatable bonds is 7. The molecule has 9 nitrogen and oxygen atoms in total. The predicted molar refractivity (Wildman–Crippen MR) is 151 cm³/mol. The first kappa shape index (κ1) is 28.0. The van der Waals surface area contributed by atoms with Crippen molar-refractivity contribution in [2.75, 3.05) is 36.0 Å². The highest BCUT2D eigenvalue weighted by Crippen LogP contribution is 2.45. The van der Waals surface area contributed by atoms with Crippen molar-refractivity contribution in [2.24, 2.45) is 11.3 Å². The van der Waals surface area contributed by atoms with Crippen LogP contribution in [-0.2, 0) is 14.8 Å². The van der Waals surface area contributed by atoms with E-state index in [2.05, 4.69) is 35.4 Å². The van der Waals surface area contributed by atoms with Crippen molar-refractivity contribution in [3.05, 3.63) is 41.4 Å². The molecule has 0 radical (unpaired) electrons. The van der Waals surface area contributed by atoms with Gasteiger partial charge in [0.05, 0.1) is 11.8 Å². The third-order valence-corrected chi connectivity index (χ3v) is 9.57. The smallest absolute Gasteiger partial charge is 0.281 e. The second-order valence-corrected chi connectivity index (χ2v) is 14.1. The van der Waals surface area contributed by atoms with Gasteiger partial charge in [0.15, 0.2) is 10.6 Å². The highest BCUT2D eigenvalue weighted by molar-refractivity contribution is 7.90. The fraction of sp³-hybridized carbons (Fsp3) is 0.571. The number of sulfonamides is 1. The van der Waals surface area contributed by atoms with E-state index in [1.807, 2.05) is 17.0 Å². The summed E-state index contributed by atoms with van der Waals surface area (Å²) in [5, 5.41) is 10.0. The molecule has 2 aliphatic heterocycles. The number of hydrogen-bond acceptors (Lipinski definition) is 8. The standard InChI is InChI=1S/C28H37ClN4O5S/c1-27(2,3)19-9-14-32(15-10-19)22-8-7-20(29)17-23(22)38-28(12-13-28)26(35)31-39(36,37)25-6-4-5-24(30-25)33-16-11-21(34)18-33/h4-8,17,19,21,34H,9-16,18H2,1-3H3,(H,31,35)/t21-/m0/s1. The van der Waals surface area contributed by atoms with Crippen LogP contribution in [0.5, 0.6) is 5.75 Å². The first-order valence-electron chi connectivity index (χ1n) is 13.6. The molecule has 39 heavy (non-hydrogen) atoms. The number of nitrogens with zero attached hydrogens (tertiary/aromatic N) is 3. The molecule has 1 atom stereocenters. The van der Waals surface area contributed by atoms with Gasteiger partial charge in [-0.1, -0.05) is 38.4 Å². The maximum Gasteiger partial charge on any atom is 0.281 e. The van der Waals surface area contributed by atoms with Gasteiger partial charge in [-0.25, -0.2) is 9.71 Å². The molecule has 11 heteroatoms. The molecular formula is C28H37ClN4O5S. The zero-order valence-corrected chi connectivity index (χ0v) is 24.3. The summed E-state index contributed by atoms with van der Waals surface area (Å²) in [5.74, 6) is 0.829. The van der Waals surface area contributed by atoms with E-state index in [1.165, 1.54) is 6.07 Å². The van der Waals surface area contributed by atoms with E-state index in [1.54, 1.807) is 18.2 Å². The SMILES string of the molecule is CC(C)(C)C1CCN(c2ccc(Cl)cc2OC2(C(=O)NS(=O)(=O)c3cccc(N4CC[C@H](O)C4)n3)CC2)CC1. The summed E-state index contributed by atoms with van der Waals surface area (Å²) >= 11 is 6.31. The van der Waals surface area contributed by atoms with E-state index in [4.69, 9.17) is 16.3 Å². The van der Waals surface area contributed by atoms with Gasteiger partial charge in [0.25, 0.3) is 15.9 Å². The molecule has 3 aliphatic rings. The van der Waals surface area contributed by atoms with Gasteiger partial charge in [-0.3, -0.25) is 4.79 Å². The molecule has 0 bridgehead atoms. The largest absolute Gasteiger partial charge is 0.475 e. The summed E-state index contributed by atoms with van der Waals surface area (Å²) in [6, 6.07) is 10.0. The van der Waals surface area contributed by atoms with Gasteiger partial charge in [0, 0.05) is 50.1 Å². The Kier molecular flexibility index (Phi) is 7.50. The number of aliphatic hydroxyl groups is 1. The summed E-state index contributed by atoms with van der Waals surface area (Å²) in [4.78, 5) is 21.6. The fourth-order valence-electron chi connectivity index (χ4n) is 5.46. The number of piperidine rings is 1. The predicted octanol–water partition coefficient (Wildman–Crippen LogP) is 3.99. The molecule has 3 heterocycles. The number of aliphatic hydroxyl groups excluding tert-OH is 1. The van der Waals surface area contributed by atoms with E-state index in [0.29, 0.717) is 54.9 Å². The van der Waals surface area contributed by atoms with Crippen LogP contribution in [0, 0.1) is 11.3 Å². The van der Waals surface area contributed by atoms with Gasteiger partial charge in [-0.05, 0) is 54.9 Å². The van der Waals surface area contributed by atoms with Crippen molar-refractivity contribution in [2.45, 2.75) is 69.6 Å². The summed E-state index contributed by atoms with van der Waals surface area (Å²) in [5.41, 5.74) is -0.180. The van der Waals surface area contributed by atoms with Crippen LogP contribution < -0.4 is 19.3 Å². The maximum atomic E-state index is 13.3.